The predicted molar refractivity (Wildman–Crippen MR) is 110 cm³/mol. The smallest absolute Gasteiger partial charge is 0.259 e. The molecule has 0 unspecified atom stereocenters. The van der Waals surface area contributed by atoms with Gasteiger partial charge in [0.25, 0.3) is 11.6 Å². The van der Waals surface area contributed by atoms with Crippen molar-refractivity contribution in [3.8, 4) is 11.3 Å². The van der Waals surface area contributed by atoms with Crippen LogP contribution in [0.3, 0.4) is 0 Å². The Labute approximate surface area is 168 Å². The highest BCUT2D eigenvalue weighted by molar-refractivity contribution is 6.30. The number of piperidine rings is 1. The van der Waals surface area contributed by atoms with Gasteiger partial charge < -0.3 is 14.7 Å². The zero-order valence-electron chi connectivity index (χ0n) is 16.0. The normalized spacial score (nSPS) is 17.2. The summed E-state index contributed by atoms with van der Waals surface area (Å²) in [6.45, 7) is 4.26. The number of hydrogen-bond donors (Lipinski definition) is 1. The van der Waals surface area contributed by atoms with Gasteiger partial charge >= 0.3 is 0 Å². The Hall–Kier alpha value is -2.44. The lowest BCUT2D eigenvalue weighted by Gasteiger charge is -2.33. The SMILES string of the molecule is CNC[C@@H]1CCCN(C(=O)c2cc(-c3cccc(Cl)c3)nc3onc(C)c23)C1. The molecule has 28 heavy (non-hydrogen) atoms. The highest BCUT2D eigenvalue weighted by atomic mass is 35.5. The number of nitrogens with one attached hydrogen (secondary N) is 1. The van der Waals surface area contributed by atoms with E-state index in [0.717, 1.165) is 38.0 Å². The number of likely N-dealkylation sites (tertiary alicyclic amines) is 1. The van der Waals surface area contributed by atoms with Crippen molar-refractivity contribution in [2.24, 2.45) is 5.92 Å². The molecule has 146 valence electrons. The fraction of sp³-hybridized carbons (Fsp3) is 0.381. The number of aryl methyl sites for hydroxylation is 1. The van der Waals surface area contributed by atoms with Gasteiger partial charge in [-0.1, -0.05) is 28.9 Å². The lowest BCUT2D eigenvalue weighted by Crippen LogP contribution is -2.42. The molecule has 1 N–H and O–H groups in total. The van der Waals surface area contributed by atoms with E-state index in [1.54, 1.807) is 0 Å². The lowest BCUT2D eigenvalue weighted by atomic mass is 9.96. The molecule has 6 nitrogen and oxygen atoms in total. The molecule has 1 aliphatic heterocycles. The minimum Gasteiger partial charge on any atom is -0.338 e. The zero-order valence-corrected chi connectivity index (χ0v) is 16.8. The third-order valence-electron chi connectivity index (χ3n) is 5.27. The molecule has 0 bridgehead atoms. The Bertz CT molecular complexity index is 1010. The van der Waals surface area contributed by atoms with Crippen LogP contribution in [0.15, 0.2) is 34.9 Å². The summed E-state index contributed by atoms with van der Waals surface area (Å²) in [5.74, 6) is 0.471. The van der Waals surface area contributed by atoms with E-state index in [1.807, 2.05) is 49.2 Å². The van der Waals surface area contributed by atoms with Crippen LogP contribution in [0.2, 0.25) is 5.02 Å². The van der Waals surface area contributed by atoms with Gasteiger partial charge in [0.2, 0.25) is 0 Å². The molecule has 7 heteroatoms. The number of hydrogen-bond acceptors (Lipinski definition) is 5. The van der Waals surface area contributed by atoms with E-state index in [-0.39, 0.29) is 5.91 Å². The Morgan fingerprint density at radius 3 is 3.04 bits per heavy atom. The van der Waals surface area contributed by atoms with Crippen LogP contribution < -0.4 is 5.32 Å². The summed E-state index contributed by atoms with van der Waals surface area (Å²) >= 11 is 6.14. The largest absolute Gasteiger partial charge is 0.338 e. The number of carbonyl (C=O) groups excluding carboxylic acids is 1. The average molecular weight is 399 g/mol. The number of fused-ring (bicyclic) bond motifs is 1. The van der Waals surface area contributed by atoms with Gasteiger partial charge in [-0.15, -0.1) is 0 Å². The molecule has 1 atom stereocenters. The summed E-state index contributed by atoms with van der Waals surface area (Å²) in [7, 11) is 1.95. The Kier molecular flexibility index (Phi) is 5.33. The molecule has 1 saturated heterocycles. The molecule has 0 spiro atoms. The number of benzene rings is 1. The Morgan fingerprint density at radius 2 is 2.25 bits per heavy atom. The Balaban J connectivity index is 1.76. The summed E-state index contributed by atoms with van der Waals surface area (Å²) in [6.07, 6.45) is 2.15. The highest BCUT2D eigenvalue weighted by Gasteiger charge is 2.27. The van der Waals surface area contributed by atoms with Crippen molar-refractivity contribution in [3.63, 3.8) is 0 Å². The molecular weight excluding hydrogens is 376 g/mol. The maximum absolute atomic E-state index is 13.4. The fourth-order valence-corrected chi connectivity index (χ4v) is 4.12. The van der Waals surface area contributed by atoms with Crippen molar-refractivity contribution >= 4 is 28.6 Å². The van der Waals surface area contributed by atoms with E-state index in [4.69, 9.17) is 16.1 Å². The summed E-state index contributed by atoms with van der Waals surface area (Å²) < 4.78 is 5.40. The van der Waals surface area contributed by atoms with Crippen molar-refractivity contribution in [2.75, 3.05) is 26.7 Å². The monoisotopic (exact) mass is 398 g/mol. The van der Waals surface area contributed by atoms with Crippen LogP contribution in [0, 0.1) is 12.8 Å². The molecule has 2 aromatic heterocycles. The quantitative estimate of drug-likeness (QED) is 0.721. The minimum atomic E-state index is 0.00258. The van der Waals surface area contributed by atoms with Gasteiger partial charge in [-0.3, -0.25) is 4.79 Å². The summed E-state index contributed by atoms with van der Waals surface area (Å²) in [6, 6.07) is 9.26. The Morgan fingerprint density at radius 1 is 1.39 bits per heavy atom. The molecule has 1 aliphatic rings. The standard InChI is InChI=1S/C21H23ClN4O2/c1-13-19-17(21(27)26-8-4-5-14(12-26)11-23-2)10-18(24-20(19)28-25-13)15-6-3-7-16(22)9-15/h3,6-7,9-10,14,23H,4-5,8,11-12H2,1-2H3/t14-/m0/s1. The molecule has 0 saturated carbocycles. The first-order valence-electron chi connectivity index (χ1n) is 9.53. The van der Waals surface area contributed by atoms with E-state index in [9.17, 15) is 4.79 Å². The van der Waals surface area contributed by atoms with Crippen LogP contribution in [-0.4, -0.2) is 47.6 Å². The van der Waals surface area contributed by atoms with E-state index >= 15 is 0 Å². The van der Waals surface area contributed by atoms with Crippen molar-refractivity contribution < 1.29 is 9.32 Å². The zero-order chi connectivity index (χ0) is 19.7. The molecule has 1 fully saturated rings. The topological polar surface area (TPSA) is 71.3 Å². The van der Waals surface area contributed by atoms with Gasteiger partial charge in [0.15, 0.2) is 0 Å². The van der Waals surface area contributed by atoms with Gasteiger partial charge in [-0.05, 0) is 57.5 Å². The number of halogens is 1. The van der Waals surface area contributed by atoms with Crippen molar-refractivity contribution in [1.82, 2.24) is 20.4 Å². The van der Waals surface area contributed by atoms with Crippen LogP contribution >= 0.6 is 11.6 Å². The first-order valence-corrected chi connectivity index (χ1v) is 9.91. The molecule has 3 heterocycles. The number of aromatic nitrogens is 2. The van der Waals surface area contributed by atoms with Crippen LogP contribution in [0.25, 0.3) is 22.4 Å². The van der Waals surface area contributed by atoms with E-state index in [2.05, 4.69) is 15.5 Å². The number of nitrogens with zero attached hydrogens (tertiary/aromatic N) is 3. The van der Waals surface area contributed by atoms with Crippen molar-refractivity contribution in [2.45, 2.75) is 19.8 Å². The number of carbonyl (C=O) groups is 1. The van der Waals surface area contributed by atoms with Gasteiger partial charge in [0.1, 0.15) is 0 Å². The lowest BCUT2D eigenvalue weighted by molar-refractivity contribution is 0.0676. The number of pyridine rings is 1. The third kappa shape index (κ3) is 3.62. The van der Waals surface area contributed by atoms with E-state index in [0.29, 0.717) is 39.0 Å². The first kappa shape index (κ1) is 18.9. The fourth-order valence-electron chi connectivity index (χ4n) is 3.93. The summed E-state index contributed by atoms with van der Waals surface area (Å²) in [4.78, 5) is 20.0. The van der Waals surface area contributed by atoms with Crippen molar-refractivity contribution in [1.29, 1.82) is 0 Å². The highest BCUT2D eigenvalue weighted by Crippen LogP contribution is 2.30. The van der Waals surface area contributed by atoms with E-state index < -0.39 is 0 Å². The van der Waals surface area contributed by atoms with Gasteiger partial charge in [-0.25, -0.2) is 4.98 Å². The van der Waals surface area contributed by atoms with Gasteiger partial charge in [-0.2, -0.15) is 0 Å². The van der Waals surface area contributed by atoms with Gasteiger partial charge in [0, 0.05) is 23.7 Å². The van der Waals surface area contributed by atoms with Gasteiger partial charge in [0.05, 0.1) is 22.3 Å². The minimum absolute atomic E-state index is 0.00258. The van der Waals surface area contributed by atoms with Crippen LogP contribution in [0.4, 0.5) is 0 Å². The second-order valence-corrected chi connectivity index (χ2v) is 7.77. The van der Waals surface area contributed by atoms with E-state index in [1.165, 1.54) is 0 Å². The maximum Gasteiger partial charge on any atom is 0.259 e. The third-order valence-corrected chi connectivity index (χ3v) is 5.50. The number of rotatable bonds is 4. The van der Waals surface area contributed by atoms with Crippen LogP contribution in [-0.2, 0) is 0 Å². The molecule has 0 radical (unpaired) electrons. The molecule has 4 rings (SSSR count). The second-order valence-electron chi connectivity index (χ2n) is 7.33. The number of amides is 1. The first-order chi connectivity index (χ1) is 13.6. The maximum atomic E-state index is 13.4. The molecule has 1 amide bonds. The summed E-state index contributed by atoms with van der Waals surface area (Å²) in [5, 5.41) is 8.56. The molecule has 0 aliphatic carbocycles. The second kappa shape index (κ2) is 7.89. The predicted octanol–water partition coefficient (Wildman–Crippen LogP) is 3.92. The van der Waals surface area contributed by atoms with Crippen molar-refractivity contribution in [3.05, 3.63) is 46.6 Å². The van der Waals surface area contributed by atoms with Crippen LogP contribution in [0.1, 0.15) is 28.9 Å². The summed E-state index contributed by atoms with van der Waals surface area (Å²) in [5.41, 5.74) is 3.13. The average Bonchev–Trinajstić information content (AvgIpc) is 3.08. The van der Waals surface area contributed by atoms with Crippen LogP contribution in [0.5, 0.6) is 0 Å². The molecule has 3 aromatic rings. The molecule has 1 aromatic carbocycles. The molecular formula is C21H23ClN4O2.